The molecule has 1 atom stereocenters. The van der Waals surface area contributed by atoms with Crippen molar-refractivity contribution in [2.75, 3.05) is 66.0 Å². The van der Waals surface area contributed by atoms with Crippen molar-refractivity contribution < 1.29 is 9.53 Å². The summed E-state index contributed by atoms with van der Waals surface area (Å²) < 4.78 is 5.08. The van der Waals surface area contributed by atoms with E-state index in [-0.39, 0.29) is 6.09 Å². The summed E-state index contributed by atoms with van der Waals surface area (Å²) in [6.07, 6.45) is 2.33. The van der Waals surface area contributed by atoms with Crippen LogP contribution >= 0.6 is 0 Å². The number of piperazine rings is 1. The Bertz CT molecular complexity index is 421. The quantitative estimate of drug-likeness (QED) is 0.613. The summed E-state index contributed by atoms with van der Waals surface area (Å²) in [6, 6.07) is 0. The summed E-state index contributed by atoms with van der Waals surface area (Å²) in [5, 5.41) is 3.40. The van der Waals surface area contributed by atoms with Gasteiger partial charge in [0.2, 0.25) is 0 Å². The first-order valence-corrected chi connectivity index (χ1v) is 9.27. The number of guanidine groups is 1. The van der Waals surface area contributed by atoms with Crippen LogP contribution in [0.25, 0.3) is 0 Å². The van der Waals surface area contributed by atoms with E-state index in [9.17, 15) is 4.79 Å². The van der Waals surface area contributed by atoms with Gasteiger partial charge in [-0.25, -0.2) is 4.79 Å². The van der Waals surface area contributed by atoms with Crippen LogP contribution in [0.1, 0.15) is 26.7 Å². The third kappa shape index (κ3) is 5.54. The van der Waals surface area contributed by atoms with Crippen LogP contribution in [0.3, 0.4) is 0 Å². The van der Waals surface area contributed by atoms with Gasteiger partial charge in [0.1, 0.15) is 0 Å². The normalized spacial score (nSPS) is 23.3. The molecule has 1 amide bonds. The second-order valence-corrected chi connectivity index (χ2v) is 6.64. The Morgan fingerprint density at radius 3 is 2.50 bits per heavy atom. The molecule has 24 heavy (non-hydrogen) atoms. The monoisotopic (exact) mass is 339 g/mol. The molecule has 0 saturated carbocycles. The van der Waals surface area contributed by atoms with Gasteiger partial charge in [-0.05, 0) is 46.2 Å². The van der Waals surface area contributed by atoms with Gasteiger partial charge in [0, 0.05) is 45.8 Å². The number of rotatable bonds is 4. The molecule has 0 radical (unpaired) electrons. The summed E-state index contributed by atoms with van der Waals surface area (Å²) in [6.45, 7) is 11.4. The molecule has 0 bridgehead atoms. The molecule has 2 heterocycles. The molecule has 1 N–H and O–H groups in total. The van der Waals surface area contributed by atoms with E-state index in [1.54, 1.807) is 4.90 Å². The number of hydrogen-bond donors (Lipinski definition) is 1. The summed E-state index contributed by atoms with van der Waals surface area (Å²) in [7, 11) is 2.19. The molecule has 2 saturated heterocycles. The number of carbonyl (C=O) groups excluding carboxylic acids is 1. The van der Waals surface area contributed by atoms with Crippen molar-refractivity contribution in [1.29, 1.82) is 0 Å². The van der Waals surface area contributed by atoms with Crippen molar-refractivity contribution in [2.45, 2.75) is 26.7 Å². The summed E-state index contributed by atoms with van der Waals surface area (Å²) >= 11 is 0. The Morgan fingerprint density at radius 2 is 1.88 bits per heavy atom. The van der Waals surface area contributed by atoms with Gasteiger partial charge in [-0.15, -0.1) is 0 Å². The van der Waals surface area contributed by atoms with Gasteiger partial charge in [0.25, 0.3) is 0 Å². The average Bonchev–Trinajstić information content (AvgIpc) is 2.59. The van der Waals surface area contributed by atoms with Gasteiger partial charge < -0.3 is 24.8 Å². The molecule has 0 aromatic rings. The Balaban J connectivity index is 1.86. The topological polar surface area (TPSA) is 60.4 Å². The van der Waals surface area contributed by atoms with Crippen LogP contribution in [0.4, 0.5) is 4.79 Å². The van der Waals surface area contributed by atoms with Crippen molar-refractivity contribution in [2.24, 2.45) is 10.9 Å². The molecule has 0 aliphatic carbocycles. The van der Waals surface area contributed by atoms with E-state index >= 15 is 0 Å². The zero-order valence-corrected chi connectivity index (χ0v) is 15.5. The van der Waals surface area contributed by atoms with Gasteiger partial charge in [-0.3, -0.25) is 4.99 Å². The van der Waals surface area contributed by atoms with Gasteiger partial charge >= 0.3 is 6.09 Å². The third-order valence-corrected chi connectivity index (χ3v) is 4.66. The lowest BCUT2D eigenvalue weighted by Gasteiger charge is -2.36. The van der Waals surface area contributed by atoms with E-state index in [0.717, 1.165) is 38.7 Å². The van der Waals surface area contributed by atoms with Crippen molar-refractivity contribution in [3.05, 3.63) is 0 Å². The van der Waals surface area contributed by atoms with Gasteiger partial charge in [-0.2, -0.15) is 0 Å². The fourth-order valence-corrected chi connectivity index (χ4v) is 3.38. The minimum Gasteiger partial charge on any atom is -0.450 e. The molecule has 1 unspecified atom stereocenters. The summed E-state index contributed by atoms with van der Waals surface area (Å²) in [5.41, 5.74) is 0. The summed E-state index contributed by atoms with van der Waals surface area (Å²) in [5.74, 6) is 1.63. The van der Waals surface area contributed by atoms with E-state index in [1.165, 1.54) is 19.4 Å². The Kier molecular flexibility index (Phi) is 7.62. The highest BCUT2D eigenvalue weighted by molar-refractivity contribution is 5.80. The molecule has 7 heteroatoms. The second kappa shape index (κ2) is 9.71. The lowest BCUT2D eigenvalue weighted by Crippen LogP contribution is -2.54. The highest BCUT2D eigenvalue weighted by Crippen LogP contribution is 2.15. The number of hydrogen-bond acceptors (Lipinski definition) is 4. The molecule has 2 aliphatic heterocycles. The van der Waals surface area contributed by atoms with Crippen LogP contribution in [0.5, 0.6) is 0 Å². The first kappa shape index (κ1) is 18.8. The number of piperidine rings is 1. The lowest BCUT2D eigenvalue weighted by molar-refractivity contribution is 0.0914. The highest BCUT2D eigenvalue weighted by atomic mass is 16.6. The highest BCUT2D eigenvalue weighted by Gasteiger charge is 2.24. The van der Waals surface area contributed by atoms with Crippen molar-refractivity contribution in [3.8, 4) is 0 Å². The fourth-order valence-electron chi connectivity index (χ4n) is 3.38. The van der Waals surface area contributed by atoms with Crippen LogP contribution in [-0.2, 0) is 4.74 Å². The van der Waals surface area contributed by atoms with Gasteiger partial charge in [-0.1, -0.05) is 0 Å². The van der Waals surface area contributed by atoms with Crippen LogP contribution in [-0.4, -0.2) is 92.8 Å². The average molecular weight is 339 g/mol. The minimum atomic E-state index is -0.204. The summed E-state index contributed by atoms with van der Waals surface area (Å²) in [4.78, 5) is 23.1. The molecule has 2 aliphatic rings. The molecule has 2 fully saturated rings. The minimum absolute atomic E-state index is 0.204. The smallest absolute Gasteiger partial charge is 0.409 e. The Labute approximate surface area is 146 Å². The number of amides is 1. The molecular formula is C17H33N5O2. The number of nitrogens with zero attached hydrogens (tertiary/aromatic N) is 4. The van der Waals surface area contributed by atoms with Crippen molar-refractivity contribution >= 4 is 12.1 Å². The standard InChI is InChI=1S/C17H33N5O2/c1-4-18-16(19-13-15-7-6-8-20(3)14-15)21-9-11-22(12-10-21)17(23)24-5-2/h15H,4-14H2,1-3H3,(H,18,19). The van der Waals surface area contributed by atoms with Gasteiger partial charge in [0.15, 0.2) is 5.96 Å². The number of likely N-dealkylation sites (tertiary alicyclic amines) is 1. The lowest BCUT2D eigenvalue weighted by atomic mass is 9.99. The van der Waals surface area contributed by atoms with Crippen molar-refractivity contribution in [1.82, 2.24) is 20.0 Å². The zero-order chi connectivity index (χ0) is 17.4. The number of nitrogens with one attached hydrogen (secondary N) is 1. The van der Waals surface area contributed by atoms with Crippen molar-refractivity contribution in [3.63, 3.8) is 0 Å². The number of aliphatic imine (C=N–C) groups is 1. The largest absolute Gasteiger partial charge is 0.450 e. The predicted molar refractivity (Wildman–Crippen MR) is 96.4 cm³/mol. The molecule has 138 valence electrons. The predicted octanol–water partition coefficient (Wildman–Crippen LogP) is 1.07. The van der Waals surface area contributed by atoms with E-state index < -0.39 is 0 Å². The van der Waals surface area contributed by atoms with Crippen LogP contribution in [0.15, 0.2) is 4.99 Å². The molecule has 7 nitrogen and oxygen atoms in total. The Morgan fingerprint density at radius 1 is 1.17 bits per heavy atom. The van der Waals surface area contributed by atoms with E-state index in [1.807, 2.05) is 6.92 Å². The zero-order valence-electron chi connectivity index (χ0n) is 15.5. The van der Waals surface area contributed by atoms with Gasteiger partial charge in [0.05, 0.1) is 6.61 Å². The van der Waals surface area contributed by atoms with E-state index in [0.29, 0.717) is 25.6 Å². The second-order valence-electron chi connectivity index (χ2n) is 6.64. The maximum Gasteiger partial charge on any atom is 0.409 e. The molecular weight excluding hydrogens is 306 g/mol. The van der Waals surface area contributed by atoms with Crippen LogP contribution < -0.4 is 5.32 Å². The first-order chi connectivity index (χ1) is 11.6. The van der Waals surface area contributed by atoms with Crippen LogP contribution in [0, 0.1) is 5.92 Å². The third-order valence-electron chi connectivity index (χ3n) is 4.66. The molecule has 0 spiro atoms. The molecule has 0 aromatic heterocycles. The van der Waals surface area contributed by atoms with Crippen LogP contribution in [0.2, 0.25) is 0 Å². The van der Waals surface area contributed by atoms with E-state index in [4.69, 9.17) is 9.73 Å². The maximum absolute atomic E-state index is 11.8. The number of carbonyl (C=O) groups is 1. The first-order valence-electron chi connectivity index (χ1n) is 9.27. The fraction of sp³-hybridized carbons (Fsp3) is 0.882. The number of ether oxygens (including phenoxy) is 1. The SMILES string of the molecule is CCNC(=NCC1CCCN(C)C1)N1CCN(C(=O)OCC)CC1. The Hall–Kier alpha value is -1.50. The van der Waals surface area contributed by atoms with E-state index in [2.05, 4.69) is 29.1 Å². The molecule has 0 aromatic carbocycles. The molecule has 2 rings (SSSR count). The maximum atomic E-state index is 11.8.